The van der Waals surface area contributed by atoms with Crippen molar-refractivity contribution < 1.29 is 33.7 Å². The summed E-state index contributed by atoms with van der Waals surface area (Å²) >= 11 is 0. The number of amides is 2. The summed E-state index contributed by atoms with van der Waals surface area (Å²) in [5, 5.41) is 15.4. The van der Waals surface area contributed by atoms with Crippen molar-refractivity contribution >= 4 is 24.0 Å². The number of esters is 1. The van der Waals surface area contributed by atoms with Gasteiger partial charge in [0, 0.05) is 11.8 Å². The van der Waals surface area contributed by atoms with Gasteiger partial charge in [-0.2, -0.15) is 0 Å². The van der Waals surface area contributed by atoms with Crippen molar-refractivity contribution in [2.24, 2.45) is 10.4 Å². The molecule has 0 fully saturated rings. The maximum atomic E-state index is 13.4. The Morgan fingerprint density at radius 2 is 1.71 bits per heavy atom. The van der Waals surface area contributed by atoms with Gasteiger partial charge in [0.05, 0.1) is 25.9 Å². The van der Waals surface area contributed by atoms with Gasteiger partial charge < -0.3 is 30.0 Å². The van der Waals surface area contributed by atoms with Crippen molar-refractivity contribution in [3.63, 3.8) is 0 Å². The van der Waals surface area contributed by atoms with Crippen molar-refractivity contribution in [3.05, 3.63) is 23.8 Å². The number of nitrogens with zero attached hydrogens (tertiary/aromatic N) is 1. The Balaban J connectivity index is 3.22. The molecule has 0 aliphatic rings. The summed E-state index contributed by atoms with van der Waals surface area (Å²) in [6.07, 6.45) is 0.679. The van der Waals surface area contributed by atoms with Crippen LogP contribution in [0.5, 0.6) is 11.5 Å². The van der Waals surface area contributed by atoms with Crippen LogP contribution >= 0.6 is 0 Å². The van der Waals surface area contributed by atoms with E-state index >= 15 is 0 Å². The number of nitrogens with one attached hydrogen (secondary N) is 2. The molecular weight excluding hydrogens is 454 g/mol. The topological polar surface area (TPSA) is 136 Å². The van der Waals surface area contributed by atoms with E-state index < -0.39 is 47.0 Å². The van der Waals surface area contributed by atoms with E-state index in [1.807, 2.05) is 41.5 Å². The third-order valence-electron chi connectivity index (χ3n) is 4.89. The summed E-state index contributed by atoms with van der Waals surface area (Å²) in [5.74, 6) is -1.23. The number of phenols is 1. The monoisotopic (exact) mass is 493 g/mol. The third kappa shape index (κ3) is 9.94. The molecule has 1 rings (SSSR count). The lowest BCUT2D eigenvalue weighted by Crippen LogP contribution is -2.57. The Morgan fingerprint density at radius 1 is 1.09 bits per heavy atom. The van der Waals surface area contributed by atoms with E-state index in [0.29, 0.717) is 11.3 Å². The van der Waals surface area contributed by atoms with Gasteiger partial charge >= 0.3 is 5.97 Å². The van der Waals surface area contributed by atoms with Crippen LogP contribution in [0.25, 0.3) is 0 Å². The van der Waals surface area contributed by atoms with Crippen molar-refractivity contribution in [1.29, 1.82) is 0 Å². The van der Waals surface area contributed by atoms with Gasteiger partial charge in [-0.05, 0) is 51.3 Å². The molecule has 10 heteroatoms. The zero-order chi connectivity index (χ0) is 27.0. The average molecular weight is 494 g/mol. The van der Waals surface area contributed by atoms with E-state index in [1.165, 1.54) is 26.5 Å². The molecule has 196 valence electrons. The van der Waals surface area contributed by atoms with E-state index in [4.69, 9.17) is 9.47 Å². The maximum Gasteiger partial charge on any atom is 0.325 e. The van der Waals surface area contributed by atoms with Crippen LogP contribution in [-0.2, 0) is 23.9 Å². The zero-order valence-corrected chi connectivity index (χ0v) is 22.1. The van der Waals surface area contributed by atoms with E-state index in [-0.39, 0.29) is 12.3 Å². The first-order valence-corrected chi connectivity index (χ1v) is 11.3. The predicted octanol–water partition coefficient (Wildman–Crippen LogP) is 2.21. The normalized spacial score (nSPS) is 14.7. The largest absolute Gasteiger partial charge is 0.507 e. The molecule has 0 unspecified atom stereocenters. The minimum atomic E-state index is -1.10. The molecule has 0 radical (unpaired) electrons. The van der Waals surface area contributed by atoms with Crippen LogP contribution in [0.4, 0.5) is 0 Å². The highest BCUT2D eigenvalue weighted by atomic mass is 16.5. The highest BCUT2D eigenvalue weighted by molar-refractivity contribution is 5.93. The first kappa shape index (κ1) is 29.9. The Hall–Kier alpha value is -3.14. The molecule has 2 amide bonds. The number of aromatic hydroxyl groups is 1. The highest BCUT2D eigenvalue weighted by Gasteiger charge is 2.36. The fraction of sp³-hybridized carbons (Fsp3) is 0.600. The molecule has 1 aromatic carbocycles. The van der Waals surface area contributed by atoms with Crippen LogP contribution < -0.4 is 15.4 Å². The average Bonchev–Trinajstić information content (AvgIpc) is 2.74. The molecule has 35 heavy (non-hydrogen) atoms. The van der Waals surface area contributed by atoms with Gasteiger partial charge in [-0.25, -0.2) is 0 Å². The van der Waals surface area contributed by atoms with E-state index in [9.17, 15) is 19.5 Å². The Morgan fingerprint density at radius 3 is 2.23 bits per heavy atom. The standard InChI is InChI=1S/C25H39N3O7/c1-15(35-25(5,6)7)20(22(31)27-14-19(30)34-9)28-23(32)21(24(2,3)4)26-13-16-12-17(33-8)10-11-18(16)29/h10-13,15,20-21,29H,14H2,1-9H3,(H,27,31)(H,28,32)/t15-,20+,21-/m1/s1. The summed E-state index contributed by atoms with van der Waals surface area (Å²) in [5.41, 5.74) is -0.838. The molecule has 0 aromatic heterocycles. The highest BCUT2D eigenvalue weighted by Crippen LogP contribution is 2.25. The second kappa shape index (κ2) is 12.5. The molecule has 10 nitrogen and oxygen atoms in total. The van der Waals surface area contributed by atoms with Crippen LogP contribution in [0, 0.1) is 5.41 Å². The first-order chi connectivity index (χ1) is 16.1. The van der Waals surface area contributed by atoms with Crippen LogP contribution in [0.1, 0.15) is 54.0 Å². The fourth-order valence-corrected chi connectivity index (χ4v) is 3.20. The number of hydrogen-bond donors (Lipinski definition) is 3. The molecule has 1 aromatic rings. The number of phenolic OH excluding ortho intramolecular Hbond substituents is 1. The lowest BCUT2D eigenvalue weighted by Gasteiger charge is -2.33. The number of methoxy groups -OCH3 is 2. The molecule has 0 bridgehead atoms. The lowest BCUT2D eigenvalue weighted by molar-refractivity contribution is -0.143. The molecule has 0 heterocycles. The molecule has 3 atom stereocenters. The van der Waals surface area contributed by atoms with Gasteiger partial charge in [0.25, 0.3) is 0 Å². The number of benzene rings is 1. The van der Waals surface area contributed by atoms with Crippen LogP contribution in [0.15, 0.2) is 23.2 Å². The van der Waals surface area contributed by atoms with Gasteiger partial charge in [-0.1, -0.05) is 20.8 Å². The number of rotatable bonds is 10. The van der Waals surface area contributed by atoms with Crippen LogP contribution in [-0.4, -0.2) is 73.7 Å². The predicted molar refractivity (Wildman–Crippen MR) is 133 cm³/mol. The van der Waals surface area contributed by atoms with Crippen LogP contribution in [0.2, 0.25) is 0 Å². The van der Waals surface area contributed by atoms with Crippen molar-refractivity contribution in [1.82, 2.24) is 10.6 Å². The van der Waals surface area contributed by atoms with E-state index in [0.717, 1.165) is 0 Å². The first-order valence-electron chi connectivity index (χ1n) is 11.3. The molecule has 0 saturated carbocycles. The van der Waals surface area contributed by atoms with Gasteiger partial charge in [-0.3, -0.25) is 19.4 Å². The molecule has 3 N–H and O–H groups in total. The van der Waals surface area contributed by atoms with Gasteiger partial charge in [-0.15, -0.1) is 0 Å². The summed E-state index contributed by atoms with van der Waals surface area (Å²) in [4.78, 5) is 42.2. The second-order valence-electron chi connectivity index (χ2n) is 10.2. The minimum Gasteiger partial charge on any atom is -0.507 e. The zero-order valence-electron chi connectivity index (χ0n) is 22.1. The van der Waals surface area contributed by atoms with Crippen LogP contribution in [0.3, 0.4) is 0 Å². The smallest absolute Gasteiger partial charge is 0.325 e. The number of hydrogen-bond acceptors (Lipinski definition) is 8. The van der Waals surface area contributed by atoms with Crippen molar-refractivity contribution in [2.45, 2.75) is 72.3 Å². The van der Waals surface area contributed by atoms with Gasteiger partial charge in [0.2, 0.25) is 11.8 Å². The Labute approximate surface area is 207 Å². The van der Waals surface area contributed by atoms with Crippen molar-refractivity contribution in [3.8, 4) is 11.5 Å². The summed E-state index contributed by atoms with van der Waals surface area (Å²) in [7, 11) is 2.72. The Kier molecular flexibility index (Phi) is 10.7. The van der Waals surface area contributed by atoms with Crippen molar-refractivity contribution in [2.75, 3.05) is 20.8 Å². The van der Waals surface area contributed by atoms with E-state index in [1.54, 1.807) is 19.1 Å². The van der Waals surface area contributed by atoms with Gasteiger partial charge in [0.15, 0.2) is 0 Å². The van der Waals surface area contributed by atoms with E-state index in [2.05, 4.69) is 20.4 Å². The fourth-order valence-electron chi connectivity index (χ4n) is 3.20. The second-order valence-corrected chi connectivity index (χ2v) is 10.2. The molecule has 0 aliphatic heterocycles. The third-order valence-corrected chi connectivity index (χ3v) is 4.89. The molecule has 0 saturated heterocycles. The summed E-state index contributed by atoms with van der Waals surface area (Å²) in [6, 6.07) is 2.66. The number of ether oxygens (including phenoxy) is 3. The maximum absolute atomic E-state index is 13.4. The minimum absolute atomic E-state index is 0.0186. The molecule has 0 spiro atoms. The Bertz CT molecular complexity index is 917. The quantitative estimate of drug-likeness (QED) is 0.336. The number of carbonyl (C=O) groups excluding carboxylic acids is 3. The number of aliphatic imine (C=N–C) groups is 1. The van der Waals surface area contributed by atoms with Gasteiger partial charge in [0.1, 0.15) is 30.1 Å². The molecular formula is C25H39N3O7. The summed E-state index contributed by atoms with van der Waals surface area (Å²) < 4.78 is 15.7. The molecule has 0 aliphatic carbocycles. The lowest BCUT2D eigenvalue weighted by atomic mass is 9.86. The number of carbonyl (C=O) groups is 3. The summed E-state index contributed by atoms with van der Waals surface area (Å²) in [6.45, 7) is 12.3. The SMILES string of the molecule is COC(=O)CNC(=O)[C@@H](NC(=O)[C@@H](N=Cc1cc(OC)ccc1O)C(C)(C)C)[C@@H](C)OC(C)(C)C.